The lowest BCUT2D eigenvalue weighted by atomic mass is 10.1. The van der Waals surface area contributed by atoms with Crippen LogP contribution in [0.5, 0.6) is 0 Å². The molecular formula is C16H11F4N3. The van der Waals surface area contributed by atoms with Crippen LogP contribution < -0.4 is 0 Å². The summed E-state index contributed by atoms with van der Waals surface area (Å²) in [4.78, 5) is 3.97. The van der Waals surface area contributed by atoms with Gasteiger partial charge >= 0.3 is 6.18 Å². The first kappa shape index (κ1) is 15.2. The molecule has 0 aliphatic rings. The van der Waals surface area contributed by atoms with Gasteiger partial charge in [0.25, 0.3) is 0 Å². The number of halogens is 4. The molecule has 0 spiro atoms. The second-order valence-corrected chi connectivity index (χ2v) is 4.98. The fourth-order valence-corrected chi connectivity index (χ4v) is 2.19. The standard InChI is InChI=1S/C16H11F4N3/c17-15-4-3-13(16(18,19)20)6-14(15)12-8-22-23(10-12)9-11-2-1-5-21-7-11/h1-8,10H,9H2. The Morgan fingerprint density at radius 3 is 2.61 bits per heavy atom. The molecule has 0 amide bonds. The van der Waals surface area contributed by atoms with Crippen LogP contribution in [-0.2, 0) is 12.7 Å². The number of hydrogen-bond acceptors (Lipinski definition) is 2. The third-order valence-electron chi connectivity index (χ3n) is 3.31. The van der Waals surface area contributed by atoms with Gasteiger partial charge in [0, 0.05) is 29.7 Å². The second kappa shape index (κ2) is 5.83. The van der Waals surface area contributed by atoms with E-state index in [-0.39, 0.29) is 11.1 Å². The largest absolute Gasteiger partial charge is 0.416 e. The van der Waals surface area contributed by atoms with Crippen LogP contribution in [0.1, 0.15) is 11.1 Å². The molecule has 2 aromatic heterocycles. The van der Waals surface area contributed by atoms with Gasteiger partial charge in [-0.15, -0.1) is 0 Å². The minimum absolute atomic E-state index is 0.128. The average Bonchev–Trinajstić information content (AvgIpc) is 2.96. The molecule has 3 nitrogen and oxygen atoms in total. The van der Waals surface area contributed by atoms with Gasteiger partial charge in [-0.1, -0.05) is 6.07 Å². The van der Waals surface area contributed by atoms with Gasteiger partial charge in [0.15, 0.2) is 0 Å². The van der Waals surface area contributed by atoms with Gasteiger partial charge in [-0.2, -0.15) is 18.3 Å². The Hall–Kier alpha value is -2.70. The van der Waals surface area contributed by atoms with E-state index in [4.69, 9.17) is 0 Å². The van der Waals surface area contributed by atoms with Crippen molar-refractivity contribution in [2.45, 2.75) is 12.7 Å². The van der Waals surface area contributed by atoms with E-state index in [9.17, 15) is 17.6 Å². The zero-order chi connectivity index (χ0) is 16.4. The molecule has 3 rings (SSSR count). The number of nitrogens with zero attached hydrogens (tertiary/aromatic N) is 3. The van der Waals surface area contributed by atoms with Crippen LogP contribution >= 0.6 is 0 Å². The molecule has 0 atom stereocenters. The smallest absolute Gasteiger partial charge is 0.268 e. The molecule has 0 unspecified atom stereocenters. The Morgan fingerprint density at radius 2 is 1.91 bits per heavy atom. The van der Waals surface area contributed by atoms with Crippen LogP contribution in [0.2, 0.25) is 0 Å². The highest BCUT2D eigenvalue weighted by Crippen LogP contribution is 2.33. The van der Waals surface area contributed by atoms with Crippen LogP contribution in [0.15, 0.2) is 55.1 Å². The Bertz CT molecular complexity index is 810. The van der Waals surface area contributed by atoms with Gasteiger partial charge in [-0.3, -0.25) is 9.67 Å². The highest BCUT2D eigenvalue weighted by atomic mass is 19.4. The number of alkyl halides is 3. The summed E-state index contributed by atoms with van der Waals surface area (Å²) < 4.78 is 53.7. The van der Waals surface area contributed by atoms with Crippen molar-refractivity contribution in [3.8, 4) is 11.1 Å². The molecule has 0 aliphatic carbocycles. The van der Waals surface area contributed by atoms with E-state index in [0.717, 1.165) is 23.8 Å². The molecule has 0 radical (unpaired) electrons. The van der Waals surface area contributed by atoms with E-state index in [0.29, 0.717) is 6.54 Å². The Morgan fingerprint density at radius 1 is 1.09 bits per heavy atom. The van der Waals surface area contributed by atoms with Crippen molar-refractivity contribution in [3.05, 3.63) is 72.1 Å². The van der Waals surface area contributed by atoms with Crippen molar-refractivity contribution < 1.29 is 17.6 Å². The first-order chi connectivity index (χ1) is 10.9. The molecule has 23 heavy (non-hydrogen) atoms. The van der Waals surface area contributed by atoms with Crippen molar-refractivity contribution in [1.82, 2.24) is 14.8 Å². The summed E-state index contributed by atoms with van der Waals surface area (Å²) >= 11 is 0. The summed E-state index contributed by atoms with van der Waals surface area (Å²) in [5.41, 5.74) is 0.148. The van der Waals surface area contributed by atoms with Crippen molar-refractivity contribution in [3.63, 3.8) is 0 Å². The molecule has 7 heteroatoms. The highest BCUT2D eigenvalue weighted by molar-refractivity contribution is 5.63. The Balaban J connectivity index is 1.91. The third kappa shape index (κ3) is 3.39. The third-order valence-corrected chi connectivity index (χ3v) is 3.31. The normalized spacial score (nSPS) is 11.7. The predicted molar refractivity (Wildman–Crippen MR) is 76.0 cm³/mol. The Labute approximate surface area is 129 Å². The molecule has 2 heterocycles. The van der Waals surface area contributed by atoms with E-state index in [1.807, 2.05) is 6.07 Å². The number of pyridine rings is 1. The van der Waals surface area contributed by atoms with Gasteiger partial charge in [0.05, 0.1) is 18.3 Å². The number of benzene rings is 1. The van der Waals surface area contributed by atoms with Crippen LogP contribution in [-0.4, -0.2) is 14.8 Å². The minimum atomic E-state index is -4.52. The second-order valence-electron chi connectivity index (χ2n) is 4.98. The average molecular weight is 321 g/mol. The van der Waals surface area contributed by atoms with E-state index in [1.165, 1.54) is 17.1 Å². The van der Waals surface area contributed by atoms with Crippen molar-refractivity contribution in [1.29, 1.82) is 0 Å². The van der Waals surface area contributed by atoms with E-state index in [1.54, 1.807) is 18.5 Å². The van der Waals surface area contributed by atoms with E-state index in [2.05, 4.69) is 10.1 Å². The summed E-state index contributed by atoms with van der Waals surface area (Å²) in [5, 5.41) is 4.06. The first-order valence-corrected chi connectivity index (χ1v) is 6.72. The summed E-state index contributed by atoms with van der Waals surface area (Å²) in [5.74, 6) is -0.723. The summed E-state index contributed by atoms with van der Waals surface area (Å²) in [7, 11) is 0. The number of aromatic nitrogens is 3. The molecule has 0 saturated heterocycles. The van der Waals surface area contributed by atoms with Crippen molar-refractivity contribution in [2.75, 3.05) is 0 Å². The van der Waals surface area contributed by atoms with Crippen LogP contribution in [0.3, 0.4) is 0 Å². The molecule has 0 N–H and O–H groups in total. The molecule has 3 aromatic rings. The maximum atomic E-state index is 13.9. The van der Waals surface area contributed by atoms with Gasteiger partial charge in [-0.05, 0) is 29.8 Å². The monoisotopic (exact) mass is 321 g/mol. The minimum Gasteiger partial charge on any atom is -0.268 e. The fourth-order valence-electron chi connectivity index (χ4n) is 2.19. The molecule has 0 bridgehead atoms. The molecule has 0 aliphatic heterocycles. The van der Waals surface area contributed by atoms with Gasteiger partial charge in [0.1, 0.15) is 5.82 Å². The SMILES string of the molecule is Fc1ccc(C(F)(F)F)cc1-c1cnn(Cc2cccnc2)c1. The van der Waals surface area contributed by atoms with Gasteiger partial charge < -0.3 is 0 Å². The van der Waals surface area contributed by atoms with Gasteiger partial charge in [0.2, 0.25) is 0 Å². The van der Waals surface area contributed by atoms with Crippen LogP contribution in [0, 0.1) is 5.82 Å². The maximum absolute atomic E-state index is 13.9. The highest BCUT2D eigenvalue weighted by Gasteiger charge is 2.31. The van der Waals surface area contributed by atoms with E-state index >= 15 is 0 Å². The maximum Gasteiger partial charge on any atom is 0.416 e. The lowest BCUT2D eigenvalue weighted by Gasteiger charge is -2.08. The Kier molecular flexibility index (Phi) is 3.85. The summed E-state index contributed by atoms with van der Waals surface area (Å²) in [6.45, 7) is 0.397. The van der Waals surface area contributed by atoms with E-state index < -0.39 is 17.6 Å². The molecule has 1 aromatic carbocycles. The van der Waals surface area contributed by atoms with Crippen LogP contribution in [0.4, 0.5) is 17.6 Å². The van der Waals surface area contributed by atoms with Crippen molar-refractivity contribution >= 4 is 0 Å². The molecule has 118 valence electrons. The summed E-state index contributed by atoms with van der Waals surface area (Å²) in [6.07, 6.45) is 1.62. The lowest BCUT2D eigenvalue weighted by Crippen LogP contribution is -2.05. The quantitative estimate of drug-likeness (QED) is 0.679. The topological polar surface area (TPSA) is 30.7 Å². The number of rotatable bonds is 3. The zero-order valence-electron chi connectivity index (χ0n) is 11.8. The molecular weight excluding hydrogens is 310 g/mol. The van der Waals surface area contributed by atoms with Gasteiger partial charge in [-0.25, -0.2) is 4.39 Å². The lowest BCUT2D eigenvalue weighted by molar-refractivity contribution is -0.137. The predicted octanol–water partition coefficient (Wildman–Crippen LogP) is 4.15. The van der Waals surface area contributed by atoms with Crippen LogP contribution in [0.25, 0.3) is 11.1 Å². The zero-order valence-corrected chi connectivity index (χ0v) is 11.8. The number of hydrogen-bond donors (Lipinski definition) is 0. The summed E-state index contributed by atoms with van der Waals surface area (Å²) in [6, 6.07) is 5.95. The molecule has 0 saturated carbocycles. The molecule has 0 fully saturated rings. The fraction of sp³-hybridized carbons (Fsp3) is 0.125. The first-order valence-electron chi connectivity index (χ1n) is 6.72. The van der Waals surface area contributed by atoms with Crippen molar-refractivity contribution in [2.24, 2.45) is 0 Å².